The maximum atomic E-state index is 13.0. The largest absolute Gasteiger partial charge is 0.322 e. The number of hydrogen-bond donors (Lipinski definition) is 1. The van der Waals surface area contributed by atoms with Crippen molar-refractivity contribution in [2.24, 2.45) is 23.7 Å². The Bertz CT molecular complexity index is 1330. The highest BCUT2D eigenvalue weighted by Gasteiger charge is 2.59. The van der Waals surface area contributed by atoms with E-state index < -0.39 is 0 Å². The Labute approximate surface area is 204 Å². The maximum Gasteiger partial charge on any atom is 0.255 e. The second-order valence-electron chi connectivity index (χ2n) is 9.82. The molecule has 1 N–H and O–H groups in total. The minimum Gasteiger partial charge on any atom is -0.322 e. The third-order valence-corrected chi connectivity index (χ3v) is 7.67. The van der Waals surface area contributed by atoms with Crippen LogP contribution in [0.1, 0.15) is 33.5 Å². The quantitative estimate of drug-likeness (QED) is 0.421. The Hall–Kier alpha value is -3.99. The van der Waals surface area contributed by atoms with Crippen LogP contribution in [0.2, 0.25) is 0 Å². The summed E-state index contributed by atoms with van der Waals surface area (Å²) in [5.41, 5.74) is 5.21. The molecule has 4 atom stereocenters. The number of benzene rings is 3. The molecule has 174 valence electrons. The Morgan fingerprint density at radius 1 is 0.829 bits per heavy atom. The average Bonchev–Trinajstić information content (AvgIpc) is 3.55. The van der Waals surface area contributed by atoms with E-state index in [0.717, 1.165) is 28.8 Å². The molecule has 3 aliphatic rings. The van der Waals surface area contributed by atoms with Gasteiger partial charge in [-0.15, -0.1) is 0 Å². The third kappa shape index (κ3) is 3.68. The number of hydrogen-bond acceptors (Lipinski definition) is 3. The van der Waals surface area contributed by atoms with Crippen molar-refractivity contribution in [2.75, 3.05) is 10.2 Å². The van der Waals surface area contributed by atoms with Crippen LogP contribution in [0.5, 0.6) is 0 Å². The van der Waals surface area contributed by atoms with Crippen LogP contribution in [0, 0.1) is 30.6 Å². The van der Waals surface area contributed by atoms with Gasteiger partial charge in [0.2, 0.25) is 11.8 Å². The number of imide groups is 1. The van der Waals surface area contributed by atoms with Crippen molar-refractivity contribution in [2.45, 2.75) is 19.8 Å². The molecule has 2 aliphatic carbocycles. The molecule has 0 radical (unpaired) electrons. The Balaban J connectivity index is 1.11. The molecular formula is C30H26N2O3. The summed E-state index contributed by atoms with van der Waals surface area (Å²) in [4.78, 5) is 40.0. The predicted octanol–water partition coefficient (Wildman–Crippen LogP) is 5.15. The van der Waals surface area contributed by atoms with Crippen molar-refractivity contribution in [1.29, 1.82) is 0 Å². The predicted molar refractivity (Wildman–Crippen MR) is 135 cm³/mol. The molecule has 2 fully saturated rings. The zero-order valence-corrected chi connectivity index (χ0v) is 19.5. The average molecular weight is 463 g/mol. The van der Waals surface area contributed by atoms with Gasteiger partial charge in [0.1, 0.15) is 0 Å². The minimum absolute atomic E-state index is 0.0482. The molecule has 1 aliphatic heterocycles. The van der Waals surface area contributed by atoms with E-state index in [4.69, 9.17) is 0 Å². The number of aryl methyl sites for hydroxylation is 1. The summed E-state index contributed by atoms with van der Waals surface area (Å²) in [5, 5.41) is 2.95. The molecule has 0 aromatic heterocycles. The number of allylic oxidation sites excluding steroid dienone is 2. The molecule has 3 aromatic carbocycles. The van der Waals surface area contributed by atoms with Crippen molar-refractivity contribution in [3.8, 4) is 0 Å². The maximum absolute atomic E-state index is 13.0. The molecule has 1 saturated heterocycles. The molecule has 1 saturated carbocycles. The van der Waals surface area contributed by atoms with E-state index in [2.05, 4.69) is 17.5 Å². The Morgan fingerprint density at radius 3 is 2.00 bits per heavy atom. The highest BCUT2D eigenvalue weighted by atomic mass is 16.2. The smallest absolute Gasteiger partial charge is 0.255 e. The summed E-state index contributed by atoms with van der Waals surface area (Å²) >= 11 is 0. The van der Waals surface area contributed by atoms with E-state index in [1.807, 2.05) is 79.7 Å². The molecule has 3 aromatic rings. The number of anilines is 2. The second-order valence-corrected chi connectivity index (χ2v) is 9.82. The zero-order valence-electron chi connectivity index (χ0n) is 19.5. The van der Waals surface area contributed by atoms with Crippen molar-refractivity contribution in [3.63, 3.8) is 0 Å². The van der Waals surface area contributed by atoms with Gasteiger partial charge in [-0.1, -0.05) is 54.6 Å². The lowest BCUT2D eigenvalue weighted by molar-refractivity contribution is -0.123. The van der Waals surface area contributed by atoms with Gasteiger partial charge in [0, 0.05) is 11.3 Å². The molecule has 0 spiro atoms. The lowest BCUT2D eigenvalue weighted by Gasteiger charge is -2.17. The monoisotopic (exact) mass is 462 g/mol. The number of fused-ring (bicyclic) bond motifs is 5. The first-order valence-corrected chi connectivity index (χ1v) is 12.1. The summed E-state index contributed by atoms with van der Waals surface area (Å²) < 4.78 is 0. The first kappa shape index (κ1) is 21.5. The molecule has 5 nitrogen and oxygen atoms in total. The number of nitrogens with one attached hydrogen (secondary N) is 1. The number of nitrogens with zero attached hydrogens (tertiary/aromatic N) is 1. The van der Waals surface area contributed by atoms with Gasteiger partial charge in [-0.25, -0.2) is 0 Å². The van der Waals surface area contributed by atoms with Crippen LogP contribution in [0.25, 0.3) is 0 Å². The van der Waals surface area contributed by atoms with E-state index in [0.29, 0.717) is 17.7 Å². The number of rotatable bonds is 5. The minimum atomic E-state index is -0.179. The van der Waals surface area contributed by atoms with Crippen LogP contribution >= 0.6 is 0 Å². The van der Waals surface area contributed by atoms with Crippen LogP contribution in [0.3, 0.4) is 0 Å². The van der Waals surface area contributed by atoms with Crippen molar-refractivity contribution >= 4 is 29.1 Å². The Morgan fingerprint density at radius 2 is 1.40 bits per heavy atom. The first-order valence-electron chi connectivity index (χ1n) is 12.1. The van der Waals surface area contributed by atoms with Crippen LogP contribution in [0.15, 0.2) is 84.9 Å². The summed E-state index contributed by atoms with van der Waals surface area (Å²) in [6, 6.07) is 23.0. The zero-order chi connectivity index (χ0) is 24.1. The Kier molecular flexibility index (Phi) is 5.14. The summed E-state index contributed by atoms with van der Waals surface area (Å²) in [6.45, 7) is 1.92. The van der Waals surface area contributed by atoms with Gasteiger partial charge in [-0.2, -0.15) is 0 Å². The number of carbonyl (C=O) groups is 3. The van der Waals surface area contributed by atoms with Gasteiger partial charge < -0.3 is 5.32 Å². The molecule has 2 bridgehead atoms. The van der Waals surface area contributed by atoms with Gasteiger partial charge in [0.25, 0.3) is 5.91 Å². The highest BCUT2D eigenvalue weighted by Crippen LogP contribution is 2.53. The fourth-order valence-electron chi connectivity index (χ4n) is 5.89. The van der Waals surface area contributed by atoms with Crippen LogP contribution < -0.4 is 10.2 Å². The van der Waals surface area contributed by atoms with Crippen molar-refractivity contribution in [1.82, 2.24) is 0 Å². The lowest BCUT2D eigenvalue weighted by atomic mass is 9.85. The van der Waals surface area contributed by atoms with Crippen LogP contribution in [0.4, 0.5) is 11.4 Å². The highest BCUT2D eigenvalue weighted by molar-refractivity contribution is 6.22. The van der Waals surface area contributed by atoms with Gasteiger partial charge >= 0.3 is 0 Å². The van der Waals surface area contributed by atoms with Gasteiger partial charge in [0.15, 0.2) is 0 Å². The summed E-state index contributed by atoms with van der Waals surface area (Å²) in [6.07, 6.45) is 5.88. The first-order chi connectivity index (χ1) is 17.0. The van der Waals surface area contributed by atoms with Crippen LogP contribution in [-0.2, 0) is 16.0 Å². The standard InChI is InChI=1S/C30H26N2O3/c1-18-4-2-3-5-25(18)28(33)31-23-12-6-19(7-13-23)16-20-8-14-24(15-9-20)32-29(34)26-21-10-11-22(17-21)27(26)30(32)35/h2-15,21-22,26-27H,16-17H2,1H3,(H,31,33). The van der Waals surface area contributed by atoms with E-state index in [1.165, 1.54) is 4.90 Å². The van der Waals surface area contributed by atoms with E-state index >= 15 is 0 Å². The molecule has 1 heterocycles. The third-order valence-electron chi connectivity index (χ3n) is 7.67. The molecule has 6 rings (SSSR count). The second kappa shape index (κ2) is 8.35. The SMILES string of the molecule is Cc1ccccc1C(=O)Nc1ccc(Cc2ccc(N3C(=O)C4C5C=CC(C5)C4C3=O)cc2)cc1. The van der Waals surface area contributed by atoms with Gasteiger partial charge in [-0.3, -0.25) is 19.3 Å². The lowest BCUT2D eigenvalue weighted by Crippen LogP contribution is -2.32. The van der Waals surface area contributed by atoms with Crippen molar-refractivity contribution in [3.05, 3.63) is 107 Å². The molecular weight excluding hydrogens is 436 g/mol. The van der Waals surface area contributed by atoms with Crippen LogP contribution in [-0.4, -0.2) is 17.7 Å². The summed E-state index contributed by atoms with van der Waals surface area (Å²) in [7, 11) is 0. The molecule has 5 heteroatoms. The molecule has 3 amide bonds. The number of carbonyl (C=O) groups excluding carboxylic acids is 3. The molecule has 4 unspecified atom stereocenters. The van der Waals surface area contributed by atoms with Gasteiger partial charge in [-0.05, 0) is 78.6 Å². The topological polar surface area (TPSA) is 66.5 Å². The fourth-order valence-corrected chi connectivity index (χ4v) is 5.89. The van der Waals surface area contributed by atoms with Gasteiger partial charge in [0.05, 0.1) is 17.5 Å². The van der Waals surface area contributed by atoms with E-state index in [1.54, 1.807) is 0 Å². The normalized spacial score (nSPS) is 24.2. The molecule has 35 heavy (non-hydrogen) atoms. The number of amides is 3. The summed E-state index contributed by atoms with van der Waals surface area (Å²) in [5.74, 6) is -0.138. The van der Waals surface area contributed by atoms with E-state index in [9.17, 15) is 14.4 Å². The fraction of sp³-hybridized carbons (Fsp3) is 0.233. The van der Waals surface area contributed by atoms with Crippen molar-refractivity contribution < 1.29 is 14.4 Å². The van der Waals surface area contributed by atoms with E-state index in [-0.39, 0.29) is 41.4 Å².